The highest BCUT2D eigenvalue weighted by atomic mass is 19.1. The molecule has 4 aliphatic rings. The quantitative estimate of drug-likeness (QED) is 0.572. The van der Waals surface area contributed by atoms with Crippen molar-refractivity contribution in [2.75, 3.05) is 0 Å². The number of rotatable bonds is 2. The number of ketones is 1. The van der Waals surface area contributed by atoms with Crippen LogP contribution >= 0.6 is 0 Å². The van der Waals surface area contributed by atoms with E-state index in [0.717, 1.165) is 31.3 Å². The third kappa shape index (κ3) is 3.24. The zero-order chi connectivity index (χ0) is 23.6. The maximum absolute atomic E-state index is 15.8. The lowest BCUT2D eigenvalue weighted by atomic mass is 9.53. The van der Waals surface area contributed by atoms with Gasteiger partial charge in [-0.1, -0.05) is 12.5 Å². The van der Waals surface area contributed by atoms with Crippen molar-refractivity contribution in [3.8, 4) is 11.1 Å². The topological polar surface area (TPSA) is 50.2 Å². The summed E-state index contributed by atoms with van der Waals surface area (Å²) in [6.07, 6.45) is 9.71. The molecule has 0 aliphatic heterocycles. The molecule has 1 N–H and O–H groups in total. The summed E-state index contributed by atoms with van der Waals surface area (Å²) < 4.78 is 31.2. The zero-order valence-electron chi connectivity index (χ0n) is 19.4. The monoisotopic (exact) mass is 461 g/mol. The first-order chi connectivity index (χ1) is 16.4. The predicted octanol–water partition coefficient (Wildman–Crippen LogP) is 6.29. The number of aliphatic hydroxyl groups excluding tert-OH is 1. The number of hydrogen-bond donors (Lipinski definition) is 1. The number of benzene rings is 1. The minimum Gasteiger partial charge on any atom is -0.393 e. The Labute approximate surface area is 198 Å². The number of fused-ring (bicyclic) bond motifs is 4. The number of pyridine rings is 1. The van der Waals surface area contributed by atoms with Gasteiger partial charge in [-0.2, -0.15) is 0 Å². The van der Waals surface area contributed by atoms with Crippen molar-refractivity contribution in [3.63, 3.8) is 0 Å². The highest BCUT2D eigenvalue weighted by Gasteiger charge is 2.56. The molecule has 5 heteroatoms. The molecule has 2 saturated carbocycles. The molecule has 1 heterocycles. The third-order valence-electron chi connectivity index (χ3n) is 9.13. The van der Waals surface area contributed by atoms with E-state index in [2.05, 4.69) is 11.9 Å². The molecule has 1 aromatic carbocycles. The molecule has 2 fully saturated rings. The Morgan fingerprint density at radius 3 is 2.62 bits per heavy atom. The Kier molecular flexibility index (Phi) is 5.10. The van der Waals surface area contributed by atoms with Gasteiger partial charge >= 0.3 is 0 Å². The lowest BCUT2D eigenvalue weighted by Gasteiger charge is -2.52. The SMILES string of the molecule is CC12CC(c3cc(F)c(-c4ccncc4)cc3F)C3=C4CCC(=O)C=C4CCC3C1CCC2O. The largest absolute Gasteiger partial charge is 0.393 e. The summed E-state index contributed by atoms with van der Waals surface area (Å²) in [6.45, 7) is 2.14. The molecular formula is C29H29F2NO2. The van der Waals surface area contributed by atoms with Crippen LogP contribution in [0.25, 0.3) is 11.1 Å². The average Bonchev–Trinajstić information content (AvgIpc) is 3.14. The summed E-state index contributed by atoms with van der Waals surface area (Å²) >= 11 is 0. The lowest BCUT2D eigenvalue weighted by molar-refractivity contribution is -0.114. The Balaban J connectivity index is 1.52. The van der Waals surface area contributed by atoms with Crippen LogP contribution in [-0.4, -0.2) is 22.0 Å². The summed E-state index contributed by atoms with van der Waals surface area (Å²) in [4.78, 5) is 16.1. The van der Waals surface area contributed by atoms with Gasteiger partial charge in [0.1, 0.15) is 11.6 Å². The molecule has 5 atom stereocenters. The highest BCUT2D eigenvalue weighted by molar-refractivity contribution is 5.93. The highest BCUT2D eigenvalue weighted by Crippen LogP contribution is 2.64. The molecule has 6 rings (SSSR count). The van der Waals surface area contributed by atoms with Gasteiger partial charge in [-0.25, -0.2) is 8.78 Å². The first-order valence-electron chi connectivity index (χ1n) is 12.4. The Morgan fingerprint density at radius 1 is 1.03 bits per heavy atom. The van der Waals surface area contributed by atoms with Crippen molar-refractivity contribution in [1.82, 2.24) is 4.98 Å². The van der Waals surface area contributed by atoms with Crippen molar-refractivity contribution in [2.45, 2.75) is 63.9 Å². The van der Waals surface area contributed by atoms with E-state index in [1.807, 2.05) is 0 Å². The van der Waals surface area contributed by atoms with Gasteiger partial charge in [0.2, 0.25) is 0 Å². The maximum Gasteiger partial charge on any atom is 0.156 e. The predicted molar refractivity (Wildman–Crippen MR) is 126 cm³/mol. The van der Waals surface area contributed by atoms with Gasteiger partial charge in [0, 0.05) is 30.3 Å². The van der Waals surface area contributed by atoms with Crippen molar-refractivity contribution in [2.24, 2.45) is 17.3 Å². The van der Waals surface area contributed by atoms with E-state index < -0.39 is 17.7 Å². The van der Waals surface area contributed by atoms with Crippen LogP contribution in [0, 0.1) is 28.9 Å². The van der Waals surface area contributed by atoms with Crippen LogP contribution in [0.3, 0.4) is 0 Å². The summed E-state index contributed by atoms with van der Waals surface area (Å²) in [5.41, 5.74) is 4.36. The lowest BCUT2D eigenvalue weighted by Crippen LogP contribution is -2.45. The van der Waals surface area contributed by atoms with Gasteiger partial charge in [-0.15, -0.1) is 0 Å². The molecule has 0 spiro atoms. The van der Waals surface area contributed by atoms with Crippen molar-refractivity contribution < 1.29 is 18.7 Å². The molecule has 4 aliphatic carbocycles. The fourth-order valence-electron chi connectivity index (χ4n) is 7.49. The molecule has 3 nitrogen and oxygen atoms in total. The number of aromatic nitrogens is 1. The Morgan fingerprint density at radius 2 is 1.82 bits per heavy atom. The van der Waals surface area contributed by atoms with Crippen LogP contribution in [0.2, 0.25) is 0 Å². The zero-order valence-corrected chi connectivity index (χ0v) is 19.4. The van der Waals surface area contributed by atoms with E-state index >= 15 is 8.78 Å². The van der Waals surface area contributed by atoms with Crippen LogP contribution in [0.15, 0.2) is 59.5 Å². The average molecular weight is 462 g/mol. The Bertz CT molecular complexity index is 1230. The molecule has 2 aromatic rings. The normalized spacial score (nSPS) is 32.7. The van der Waals surface area contributed by atoms with Gasteiger partial charge in [-0.05, 0) is 108 Å². The third-order valence-corrected chi connectivity index (χ3v) is 9.13. The molecule has 5 unspecified atom stereocenters. The van der Waals surface area contributed by atoms with E-state index in [1.165, 1.54) is 23.3 Å². The van der Waals surface area contributed by atoms with Crippen LogP contribution in [0.5, 0.6) is 0 Å². The fourth-order valence-corrected chi connectivity index (χ4v) is 7.49. The summed E-state index contributed by atoms with van der Waals surface area (Å²) in [7, 11) is 0. The molecule has 0 amide bonds. The van der Waals surface area contributed by atoms with Crippen molar-refractivity contribution >= 4 is 5.78 Å². The first-order valence-corrected chi connectivity index (χ1v) is 12.4. The second-order valence-electron chi connectivity index (χ2n) is 10.8. The minimum atomic E-state index is -0.450. The second kappa shape index (κ2) is 7.94. The molecule has 0 radical (unpaired) electrons. The number of carbonyl (C=O) groups excluding carboxylic acids is 1. The van der Waals surface area contributed by atoms with E-state index in [9.17, 15) is 9.90 Å². The molecule has 0 bridgehead atoms. The van der Waals surface area contributed by atoms with Crippen LogP contribution in [0.1, 0.15) is 63.4 Å². The summed E-state index contributed by atoms with van der Waals surface area (Å²) in [5.74, 6) is -0.429. The fraction of sp³-hybridized carbons (Fsp3) is 0.448. The smallest absolute Gasteiger partial charge is 0.156 e. The van der Waals surface area contributed by atoms with Gasteiger partial charge in [0.15, 0.2) is 5.78 Å². The second-order valence-corrected chi connectivity index (χ2v) is 10.8. The number of hydrogen-bond acceptors (Lipinski definition) is 3. The van der Waals surface area contributed by atoms with Crippen LogP contribution < -0.4 is 0 Å². The van der Waals surface area contributed by atoms with Gasteiger partial charge < -0.3 is 5.11 Å². The van der Waals surface area contributed by atoms with Crippen molar-refractivity contribution in [1.29, 1.82) is 0 Å². The number of nitrogens with zero attached hydrogens (tertiary/aromatic N) is 1. The first kappa shape index (κ1) is 21.8. The van der Waals surface area contributed by atoms with E-state index in [-0.39, 0.29) is 28.6 Å². The minimum absolute atomic E-state index is 0.158. The summed E-state index contributed by atoms with van der Waals surface area (Å²) in [6, 6.07) is 6.04. The van der Waals surface area contributed by atoms with E-state index in [4.69, 9.17) is 0 Å². The number of allylic oxidation sites excluding steroid dienone is 4. The Hall–Kier alpha value is -2.66. The summed E-state index contributed by atoms with van der Waals surface area (Å²) in [5, 5.41) is 11.0. The van der Waals surface area contributed by atoms with E-state index in [0.29, 0.717) is 36.3 Å². The maximum atomic E-state index is 15.8. The van der Waals surface area contributed by atoms with E-state index in [1.54, 1.807) is 30.6 Å². The number of carbonyl (C=O) groups is 1. The molecule has 34 heavy (non-hydrogen) atoms. The molecular weight excluding hydrogens is 432 g/mol. The van der Waals surface area contributed by atoms with Gasteiger partial charge in [0.05, 0.1) is 6.10 Å². The molecule has 1 aromatic heterocycles. The van der Waals surface area contributed by atoms with Gasteiger partial charge in [-0.3, -0.25) is 9.78 Å². The van der Waals surface area contributed by atoms with Gasteiger partial charge in [0.25, 0.3) is 0 Å². The standard InChI is InChI=1S/C29H29F2NO2/c1-29-15-23(22-14-25(30)21(13-26(22)31)16-8-10-32-11-9-16)28-19-5-3-18(33)12-17(19)2-4-20(28)24(29)6-7-27(29)34/h8-14,20,23-24,27,34H,2-7,15H2,1H3. The van der Waals surface area contributed by atoms with Crippen molar-refractivity contribution in [3.05, 3.63) is 76.7 Å². The number of halogens is 2. The van der Waals surface area contributed by atoms with Crippen LogP contribution in [-0.2, 0) is 4.79 Å². The van der Waals surface area contributed by atoms with Crippen LogP contribution in [0.4, 0.5) is 8.78 Å². The molecule has 0 saturated heterocycles. The molecule has 176 valence electrons. The number of aliphatic hydroxyl groups is 1.